The van der Waals surface area contributed by atoms with Crippen LogP contribution in [0.1, 0.15) is 39.3 Å². The predicted molar refractivity (Wildman–Crippen MR) is 99.8 cm³/mol. The number of aromatic nitrogens is 2. The lowest BCUT2D eigenvalue weighted by Crippen LogP contribution is -2.40. The van der Waals surface area contributed by atoms with Crippen LogP contribution in [0.4, 0.5) is 5.82 Å². The topological polar surface area (TPSA) is 100.0 Å². The molecule has 1 amide bonds. The number of rotatable bonds is 9. The molecule has 1 unspecified atom stereocenters. The zero-order valence-electron chi connectivity index (χ0n) is 16.3. The average molecular weight is 401 g/mol. The highest BCUT2D eigenvalue weighted by atomic mass is 31.2. The third-order valence-electron chi connectivity index (χ3n) is 4.14. The van der Waals surface area contributed by atoms with Gasteiger partial charge in [-0.3, -0.25) is 19.1 Å². The van der Waals surface area contributed by atoms with E-state index in [0.717, 1.165) is 18.7 Å². The Morgan fingerprint density at radius 3 is 2.44 bits per heavy atom. The molecule has 0 aliphatic carbocycles. The Kier molecular flexibility index (Phi) is 7.59. The third kappa shape index (κ3) is 4.97. The Hall–Kier alpha value is -1.70. The van der Waals surface area contributed by atoms with Crippen molar-refractivity contribution < 1.29 is 27.9 Å². The Morgan fingerprint density at radius 2 is 1.85 bits per heavy atom. The zero-order valence-corrected chi connectivity index (χ0v) is 17.2. The maximum atomic E-state index is 13.2. The van der Waals surface area contributed by atoms with Gasteiger partial charge in [0, 0.05) is 19.2 Å². The van der Waals surface area contributed by atoms with Gasteiger partial charge >= 0.3 is 13.6 Å². The number of amides is 1. The van der Waals surface area contributed by atoms with Gasteiger partial charge in [0.1, 0.15) is 5.82 Å². The molecule has 9 nitrogen and oxygen atoms in total. The molecule has 27 heavy (non-hydrogen) atoms. The Bertz CT molecular complexity index is 710. The van der Waals surface area contributed by atoms with Crippen molar-refractivity contribution in [2.24, 2.45) is 0 Å². The molecule has 0 aromatic carbocycles. The molecule has 10 heteroatoms. The number of anilines is 1. The fourth-order valence-electron chi connectivity index (χ4n) is 3.07. The van der Waals surface area contributed by atoms with Crippen molar-refractivity contribution in [2.45, 2.75) is 52.7 Å². The van der Waals surface area contributed by atoms with E-state index in [0.29, 0.717) is 12.4 Å². The second kappa shape index (κ2) is 9.48. The quantitative estimate of drug-likeness (QED) is 0.463. The van der Waals surface area contributed by atoms with Crippen molar-refractivity contribution in [3.63, 3.8) is 0 Å². The van der Waals surface area contributed by atoms with Crippen molar-refractivity contribution in [1.29, 1.82) is 0 Å². The zero-order chi connectivity index (χ0) is 20.0. The van der Waals surface area contributed by atoms with Crippen LogP contribution >= 0.6 is 7.60 Å². The molecule has 1 aliphatic heterocycles. The maximum Gasteiger partial charge on any atom is 0.345 e. The van der Waals surface area contributed by atoms with E-state index in [9.17, 15) is 14.2 Å². The van der Waals surface area contributed by atoms with Gasteiger partial charge in [-0.25, -0.2) is 4.68 Å². The van der Waals surface area contributed by atoms with E-state index < -0.39 is 19.2 Å². The molecule has 1 aliphatic rings. The summed E-state index contributed by atoms with van der Waals surface area (Å²) in [7, 11) is -3.84. The number of hydrogen-bond acceptors (Lipinski definition) is 7. The number of aryl methyl sites for hydroxylation is 2. The minimum absolute atomic E-state index is 0.0943. The van der Waals surface area contributed by atoms with Crippen molar-refractivity contribution in [2.75, 3.05) is 31.3 Å². The third-order valence-corrected chi connectivity index (χ3v) is 6.53. The van der Waals surface area contributed by atoms with Gasteiger partial charge in [0.2, 0.25) is 5.91 Å². The molecule has 0 saturated carbocycles. The fourth-order valence-corrected chi connectivity index (χ4v) is 4.94. The summed E-state index contributed by atoms with van der Waals surface area (Å²) in [5, 5.41) is 4.36. The Balaban J connectivity index is 2.28. The summed E-state index contributed by atoms with van der Waals surface area (Å²) in [6, 6.07) is 1.82. The summed E-state index contributed by atoms with van der Waals surface area (Å²) >= 11 is 0. The highest BCUT2D eigenvalue weighted by molar-refractivity contribution is 7.55. The molecule has 0 saturated heterocycles. The molecule has 0 fully saturated rings. The molecule has 1 aromatic heterocycles. The Labute approximate surface area is 159 Å². The van der Waals surface area contributed by atoms with Crippen molar-refractivity contribution in [3.8, 4) is 0 Å². The van der Waals surface area contributed by atoms with Gasteiger partial charge in [0.25, 0.3) is 0 Å². The largest absolute Gasteiger partial charge is 0.465 e. The normalized spacial score (nSPS) is 15.3. The van der Waals surface area contributed by atoms with Crippen LogP contribution < -0.4 is 4.90 Å². The van der Waals surface area contributed by atoms with E-state index in [1.807, 2.05) is 13.0 Å². The summed E-state index contributed by atoms with van der Waals surface area (Å²) in [6.07, 6.45) is 0.429. The predicted octanol–water partition coefficient (Wildman–Crippen LogP) is 2.52. The highest BCUT2D eigenvalue weighted by Crippen LogP contribution is 2.54. The smallest absolute Gasteiger partial charge is 0.345 e. The van der Waals surface area contributed by atoms with Crippen molar-refractivity contribution in [1.82, 2.24) is 9.78 Å². The summed E-state index contributed by atoms with van der Waals surface area (Å²) < 4.78 is 30.6. The lowest BCUT2D eigenvalue weighted by atomic mass is 10.2. The van der Waals surface area contributed by atoms with Gasteiger partial charge in [0.15, 0.2) is 5.66 Å². The summed E-state index contributed by atoms with van der Waals surface area (Å²) in [6.45, 7) is 8.34. The standard InChI is InChI=1S/C17H28N3O6P/c1-5-24-17(22)14(27(23,25-6-2)26-7-3)12-16(21)19-9-8-10-20-15(19)11-13(4)18-20/h11,14H,5-10,12H2,1-4H3. The SMILES string of the molecule is CCOC(=O)C(CC(=O)N1CCCn2nc(C)cc21)P(=O)(OCC)OCC. The van der Waals surface area contributed by atoms with Crippen LogP contribution in [-0.4, -0.2) is 53.7 Å². The number of carbonyl (C=O) groups is 2. The molecular formula is C17H28N3O6P. The van der Waals surface area contributed by atoms with E-state index in [4.69, 9.17) is 13.8 Å². The number of fused-ring (bicyclic) bond motifs is 1. The molecule has 2 heterocycles. The van der Waals surface area contributed by atoms with Gasteiger partial charge in [-0.15, -0.1) is 0 Å². The molecule has 152 valence electrons. The first kappa shape index (κ1) is 21.6. The van der Waals surface area contributed by atoms with Crippen LogP contribution in [0.25, 0.3) is 0 Å². The first-order valence-electron chi connectivity index (χ1n) is 9.26. The van der Waals surface area contributed by atoms with Crippen LogP contribution in [0.3, 0.4) is 0 Å². The number of carbonyl (C=O) groups excluding carboxylic acids is 2. The van der Waals surface area contributed by atoms with Gasteiger partial charge in [-0.2, -0.15) is 5.10 Å². The van der Waals surface area contributed by atoms with Gasteiger partial charge in [-0.05, 0) is 34.1 Å². The van der Waals surface area contributed by atoms with Gasteiger partial charge in [-0.1, -0.05) is 0 Å². The minimum atomic E-state index is -3.84. The first-order chi connectivity index (χ1) is 12.9. The van der Waals surface area contributed by atoms with Crippen LogP contribution in [0.2, 0.25) is 0 Å². The summed E-state index contributed by atoms with van der Waals surface area (Å²) in [5.41, 5.74) is -0.495. The number of ether oxygens (including phenoxy) is 1. The monoisotopic (exact) mass is 401 g/mol. The highest BCUT2D eigenvalue weighted by Gasteiger charge is 2.44. The fraction of sp³-hybridized carbons (Fsp3) is 0.706. The Morgan fingerprint density at radius 1 is 1.19 bits per heavy atom. The number of hydrogen-bond donors (Lipinski definition) is 0. The lowest BCUT2D eigenvalue weighted by Gasteiger charge is -2.30. The lowest BCUT2D eigenvalue weighted by molar-refractivity contribution is -0.144. The molecule has 0 N–H and O–H groups in total. The first-order valence-corrected chi connectivity index (χ1v) is 10.9. The van der Waals surface area contributed by atoms with Crippen LogP contribution in [-0.2, 0) is 34.5 Å². The van der Waals surface area contributed by atoms with Crippen molar-refractivity contribution in [3.05, 3.63) is 11.8 Å². The second-order valence-electron chi connectivity index (χ2n) is 6.11. The molecular weight excluding hydrogens is 373 g/mol. The minimum Gasteiger partial charge on any atom is -0.465 e. The molecule has 1 atom stereocenters. The molecule has 1 aromatic rings. The van der Waals surface area contributed by atoms with Crippen LogP contribution in [0, 0.1) is 6.92 Å². The van der Waals surface area contributed by atoms with E-state index in [1.165, 1.54) is 0 Å². The van der Waals surface area contributed by atoms with E-state index in [1.54, 1.807) is 30.4 Å². The van der Waals surface area contributed by atoms with E-state index in [-0.39, 0.29) is 32.1 Å². The molecule has 0 spiro atoms. The average Bonchev–Trinajstić information content (AvgIpc) is 2.99. The van der Waals surface area contributed by atoms with Crippen molar-refractivity contribution >= 4 is 25.3 Å². The van der Waals surface area contributed by atoms with Gasteiger partial charge < -0.3 is 13.8 Å². The number of nitrogens with zero attached hydrogens (tertiary/aromatic N) is 3. The molecule has 2 rings (SSSR count). The summed E-state index contributed by atoms with van der Waals surface area (Å²) in [5.74, 6) is -0.416. The summed E-state index contributed by atoms with van der Waals surface area (Å²) in [4.78, 5) is 27.0. The molecule has 0 bridgehead atoms. The maximum absolute atomic E-state index is 13.2. The van der Waals surface area contributed by atoms with Gasteiger partial charge in [0.05, 0.1) is 31.9 Å². The number of esters is 1. The second-order valence-corrected chi connectivity index (χ2v) is 8.33. The molecule has 0 radical (unpaired) electrons. The van der Waals surface area contributed by atoms with Crippen LogP contribution in [0.15, 0.2) is 6.07 Å². The van der Waals surface area contributed by atoms with E-state index >= 15 is 0 Å². The van der Waals surface area contributed by atoms with Crippen LogP contribution in [0.5, 0.6) is 0 Å². The van der Waals surface area contributed by atoms with E-state index in [2.05, 4.69) is 5.10 Å².